The van der Waals surface area contributed by atoms with Gasteiger partial charge in [0.15, 0.2) is 0 Å². The summed E-state index contributed by atoms with van der Waals surface area (Å²) in [4.78, 5) is 11.6. The minimum Gasteiger partial charge on any atom is -0.248 e. The van der Waals surface area contributed by atoms with Gasteiger partial charge < -0.3 is 0 Å². The van der Waals surface area contributed by atoms with Crippen molar-refractivity contribution in [2.75, 3.05) is 0 Å². The van der Waals surface area contributed by atoms with Gasteiger partial charge in [0.1, 0.15) is 11.0 Å². The van der Waals surface area contributed by atoms with Gasteiger partial charge in [-0.1, -0.05) is 0 Å². The molecule has 3 heteroatoms. The fraction of sp³-hybridized carbons (Fsp3) is 0.400. The molecule has 2 heterocycles. The molecule has 0 bridgehead atoms. The molecular formula is C10H12N2S. The molecule has 0 atom stereocenters. The van der Waals surface area contributed by atoms with Crippen LogP contribution in [0.4, 0.5) is 0 Å². The summed E-state index contributed by atoms with van der Waals surface area (Å²) in [7, 11) is 0. The maximum atomic E-state index is 4.54. The highest BCUT2D eigenvalue weighted by Crippen LogP contribution is 2.27. The van der Waals surface area contributed by atoms with Crippen LogP contribution in [0.1, 0.15) is 21.1 Å². The molecule has 68 valence electrons. The molecule has 0 radical (unpaired) electrons. The van der Waals surface area contributed by atoms with Crippen molar-refractivity contribution in [2.24, 2.45) is 0 Å². The van der Waals surface area contributed by atoms with Gasteiger partial charge in [-0.25, -0.2) is 9.97 Å². The molecule has 0 aromatic carbocycles. The second-order valence-electron chi connectivity index (χ2n) is 3.31. The maximum Gasteiger partial charge on any atom is 0.103 e. The lowest BCUT2D eigenvalue weighted by Gasteiger charge is -1.98. The molecule has 2 aromatic rings. The van der Waals surface area contributed by atoms with Gasteiger partial charge in [-0.2, -0.15) is 0 Å². The van der Waals surface area contributed by atoms with E-state index in [-0.39, 0.29) is 0 Å². The third-order valence-electron chi connectivity index (χ3n) is 2.28. The maximum absolute atomic E-state index is 4.54. The van der Waals surface area contributed by atoms with Gasteiger partial charge in [0.05, 0.1) is 11.4 Å². The minimum atomic E-state index is 1.04. The molecule has 2 aromatic heterocycles. The summed E-state index contributed by atoms with van der Waals surface area (Å²) in [5.41, 5.74) is 4.22. The third kappa shape index (κ3) is 1.23. The van der Waals surface area contributed by atoms with Gasteiger partial charge in [-0.15, -0.1) is 11.3 Å². The summed E-state index contributed by atoms with van der Waals surface area (Å²) in [5, 5.41) is 0. The third-order valence-corrected chi connectivity index (χ3v) is 3.28. The zero-order chi connectivity index (χ0) is 9.59. The highest BCUT2D eigenvalue weighted by Gasteiger charge is 2.09. The van der Waals surface area contributed by atoms with Crippen LogP contribution < -0.4 is 0 Å². The number of hydrogen-bond donors (Lipinski definition) is 0. The first-order valence-corrected chi connectivity index (χ1v) is 5.12. The van der Waals surface area contributed by atoms with Crippen molar-refractivity contribution in [1.82, 2.24) is 9.97 Å². The van der Waals surface area contributed by atoms with Crippen LogP contribution in [0, 0.1) is 27.7 Å². The lowest BCUT2D eigenvalue weighted by molar-refractivity contribution is 1.10. The molecule has 0 unspecified atom stereocenters. The van der Waals surface area contributed by atoms with Crippen LogP contribution in [0.25, 0.3) is 11.0 Å². The van der Waals surface area contributed by atoms with E-state index in [4.69, 9.17) is 0 Å². The van der Waals surface area contributed by atoms with Gasteiger partial charge >= 0.3 is 0 Å². The molecule has 0 fully saturated rings. The Balaban J connectivity index is 2.91. The van der Waals surface area contributed by atoms with E-state index < -0.39 is 0 Å². The monoisotopic (exact) mass is 192 g/mol. The van der Waals surface area contributed by atoms with Crippen molar-refractivity contribution in [2.45, 2.75) is 27.7 Å². The molecule has 0 aliphatic rings. The average molecular weight is 192 g/mol. The molecule has 0 amide bonds. The normalized spacial score (nSPS) is 11.1. The number of aryl methyl sites for hydroxylation is 4. The predicted molar refractivity (Wildman–Crippen MR) is 56.4 cm³/mol. The molecule has 2 rings (SSSR count). The Labute approximate surface area is 81.7 Å². The van der Waals surface area contributed by atoms with E-state index in [0.29, 0.717) is 0 Å². The van der Waals surface area contributed by atoms with E-state index in [1.165, 1.54) is 9.75 Å². The Morgan fingerprint density at radius 1 is 0.769 bits per heavy atom. The summed E-state index contributed by atoms with van der Waals surface area (Å²) < 4.78 is 0. The van der Waals surface area contributed by atoms with Crippen molar-refractivity contribution in [3.05, 3.63) is 21.1 Å². The van der Waals surface area contributed by atoms with Gasteiger partial charge in [0, 0.05) is 9.75 Å². The highest BCUT2D eigenvalue weighted by atomic mass is 32.1. The Morgan fingerprint density at radius 2 is 1.15 bits per heavy atom. The quantitative estimate of drug-likeness (QED) is 0.641. The Morgan fingerprint density at radius 3 is 1.54 bits per heavy atom. The van der Waals surface area contributed by atoms with Crippen molar-refractivity contribution in [1.29, 1.82) is 0 Å². The number of aromatic nitrogens is 2. The van der Waals surface area contributed by atoms with Crippen molar-refractivity contribution >= 4 is 22.4 Å². The van der Waals surface area contributed by atoms with Crippen LogP contribution in [0.5, 0.6) is 0 Å². The Bertz CT molecular complexity index is 429. The molecule has 0 aliphatic heterocycles. The SMILES string of the molecule is Cc1nc2c(C)sc(C)c2nc1C. The van der Waals surface area contributed by atoms with E-state index in [2.05, 4.69) is 23.8 Å². The molecule has 0 saturated carbocycles. The largest absolute Gasteiger partial charge is 0.248 e. The predicted octanol–water partition coefficient (Wildman–Crippen LogP) is 2.92. The first-order valence-electron chi connectivity index (χ1n) is 4.30. The summed E-state index contributed by atoms with van der Waals surface area (Å²) in [6, 6.07) is 0. The van der Waals surface area contributed by atoms with E-state index >= 15 is 0 Å². The lowest BCUT2D eigenvalue weighted by atomic mass is 10.3. The van der Waals surface area contributed by atoms with Crippen LogP contribution in [0.3, 0.4) is 0 Å². The van der Waals surface area contributed by atoms with Gasteiger partial charge in [-0.05, 0) is 27.7 Å². The molecule has 0 saturated heterocycles. The van der Waals surface area contributed by atoms with Gasteiger partial charge in [0.25, 0.3) is 0 Å². The van der Waals surface area contributed by atoms with Crippen molar-refractivity contribution in [3.8, 4) is 0 Å². The molecule has 2 nitrogen and oxygen atoms in total. The smallest absolute Gasteiger partial charge is 0.103 e. The van der Waals surface area contributed by atoms with Crippen LogP contribution in [-0.4, -0.2) is 9.97 Å². The summed E-state index contributed by atoms with van der Waals surface area (Å²) in [5.74, 6) is 0. The fourth-order valence-electron chi connectivity index (χ4n) is 1.42. The number of thiophene rings is 1. The fourth-order valence-corrected chi connectivity index (χ4v) is 2.36. The summed E-state index contributed by atoms with van der Waals surface area (Å²) >= 11 is 1.77. The zero-order valence-corrected chi connectivity index (χ0v) is 9.12. The van der Waals surface area contributed by atoms with Gasteiger partial charge in [0.2, 0.25) is 0 Å². The van der Waals surface area contributed by atoms with E-state index in [0.717, 1.165) is 22.4 Å². The van der Waals surface area contributed by atoms with Crippen LogP contribution in [-0.2, 0) is 0 Å². The molecule has 0 aliphatic carbocycles. The number of fused-ring (bicyclic) bond motifs is 1. The van der Waals surface area contributed by atoms with Crippen molar-refractivity contribution in [3.63, 3.8) is 0 Å². The Hall–Kier alpha value is -0.960. The molecule has 0 spiro atoms. The highest BCUT2D eigenvalue weighted by molar-refractivity contribution is 7.13. The molecular weight excluding hydrogens is 180 g/mol. The lowest BCUT2D eigenvalue weighted by Crippen LogP contribution is -1.92. The minimum absolute atomic E-state index is 1.04. The molecule has 13 heavy (non-hydrogen) atoms. The van der Waals surface area contributed by atoms with E-state index in [1.54, 1.807) is 11.3 Å². The standard InChI is InChI=1S/C10H12N2S/c1-5-6(2)12-10-8(4)13-7(3)9(10)11-5/h1-4H3. The summed E-state index contributed by atoms with van der Waals surface area (Å²) in [6.07, 6.45) is 0. The van der Waals surface area contributed by atoms with Crippen LogP contribution >= 0.6 is 11.3 Å². The second kappa shape index (κ2) is 2.77. The molecule has 0 N–H and O–H groups in total. The average Bonchev–Trinajstić information content (AvgIpc) is 2.31. The first kappa shape index (κ1) is 8.63. The summed E-state index contributed by atoms with van der Waals surface area (Å²) in [6.45, 7) is 8.22. The first-order chi connectivity index (χ1) is 6.09. The van der Waals surface area contributed by atoms with Crippen LogP contribution in [0.15, 0.2) is 0 Å². The van der Waals surface area contributed by atoms with Crippen LogP contribution in [0.2, 0.25) is 0 Å². The number of rotatable bonds is 0. The second-order valence-corrected chi connectivity index (χ2v) is 4.73. The van der Waals surface area contributed by atoms with Crippen molar-refractivity contribution < 1.29 is 0 Å². The van der Waals surface area contributed by atoms with E-state index in [1.807, 2.05) is 13.8 Å². The number of nitrogens with zero attached hydrogens (tertiary/aromatic N) is 2. The Kier molecular flexibility index (Phi) is 1.84. The number of hydrogen-bond acceptors (Lipinski definition) is 3. The zero-order valence-electron chi connectivity index (χ0n) is 8.30. The van der Waals surface area contributed by atoms with Gasteiger partial charge in [-0.3, -0.25) is 0 Å². The van der Waals surface area contributed by atoms with E-state index in [9.17, 15) is 0 Å². The topological polar surface area (TPSA) is 25.8 Å².